The lowest BCUT2D eigenvalue weighted by atomic mass is 10.1. The second-order valence-corrected chi connectivity index (χ2v) is 9.85. The van der Waals surface area contributed by atoms with E-state index in [-0.39, 0.29) is 28.8 Å². The third-order valence-corrected chi connectivity index (χ3v) is 6.71. The van der Waals surface area contributed by atoms with Gasteiger partial charge in [-0.15, -0.1) is 0 Å². The fourth-order valence-electron chi connectivity index (χ4n) is 3.21. The maximum absolute atomic E-state index is 14.3. The number of anilines is 1. The first kappa shape index (κ1) is 24.7. The first-order valence-corrected chi connectivity index (χ1v) is 12.3. The van der Waals surface area contributed by atoms with Crippen molar-refractivity contribution < 1.29 is 23.1 Å². The SMILES string of the molecule is O=C1NC(=S)N(c2ccccc2F)C(=O)/C1=C/c1cc(I)c(OCc2ccc(F)cc2)c(I)c1. The normalized spacial score (nSPS) is 15.0. The molecule has 1 aliphatic rings. The summed E-state index contributed by atoms with van der Waals surface area (Å²) in [7, 11) is 0. The van der Waals surface area contributed by atoms with E-state index in [1.54, 1.807) is 30.3 Å². The number of benzene rings is 3. The number of nitrogens with one attached hydrogen (secondary N) is 1. The third kappa shape index (κ3) is 5.28. The summed E-state index contributed by atoms with van der Waals surface area (Å²) in [6.07, 6.45) is 1.43. The van der Waals surface area contributed by atoms with Crippen LogP contribution in [-0.2, 0) is 16.2 Å². The van der Waals surface area contributed by atoms with E-state index in [0.717, 1.165) is 17.6 Å². The predicted molar refractivity (Wildman–Crippen MR) is 145 cm³/mol. The van der Waals surface area contributed by atoms with E-state index in [9.17, 15) is 18.4 Å². The summed E-state index contributed by atoms with van der Waals surface area (Å²) >= 11 is 9.32. The molecule has 0 atom stereocenters. The molecule has 0 unspecified atom stereocenters. The van der Waals surface area contributed by atoms with E-state index < -0.39 is 17.6 Å². The molecule has 0 saturated carbocycles. The first-order chi connectivity index (χ1) is 16.2. The number of hydrogen-bond donors (Lipinski definition) is 1. The van der Waals surface area contributed by atoms with Crippen molar-refractivity contribution in [3.8, 4) is 5.75 Å². The molecule has 2 amide bonds. The molecule has 1 N–H and O–H groups in total. The van der Waals surface area contributed by atoms with Crippen molar-refractivity contribution in [2.24, 2.45) is 0 Å². The summed E-state index contributed by atoms with van der Waals surface area (Å²) in [5, 5.41) is 2.26. The Balaban J connectivity index is 1.61. The Morgan fingerprint density at radius 1 is 1.00 bits per heavy atom. The number of para-hydroxylation sites is 1. The number of hydrogen-bond acceptors (Lipinski definition) is 4. The number of amides is 2. The number of carbonyl (C=O) groups excluding carboxylic acids is 2. The molecule has 172 valence electrons. The largest absolute Gasteiger partial charge is 0.487 e. The van der Waals surface area contributed by atoms with Crippen LogP contribution >= 0.6 is 57.4 Å². The lowest BCUT2D eigenvalue weighted by Gasteiger charge is -2.29. The van der Waals surface area contributed by atoms with E-state index >= 15 is 0 Å². The standard InChI is InChI=1S/C24H14F2I2N2O3S/c25-15-7-5-13(6-8-15)12-33-21-18(27)10-14(11-19(21)28)9-16-22(31)29-24(34)30(23(16)32)20-4-2-1-3-17(20)26/h1-11H,12H2,(H,29,31,34)/b16-9+. The average Bonchev–Trinajstić information content (AvgIpc) is 2.78. The lowest BCUT2D eigenvalue weighted by Crippen LogP contribution is -2.54. The number of ether oxygens (including phenoxy) is 1. The monoisotopic (exact) mass is 702 g/mol. The van der Waals surface area contributed by atoms with Gasteiger partial charge in [0.25, 0.3) is 11.8 Å². The van der Waals surface area contributed by atoms with Crippen molar-refractivity contribution in [3.63, 3.8) is 0 Å². The minimum Gasteiger partial charge on any atom is -0.487 e. The summed E-state index contributed by atoms with van der Waals surface area (Å²) in [5.41, 5.74) is 1.18. The quantitative estimate of drug-likeness (QED) is 0.163. The highest BCUT2D eigenvalue weighted by Gasteiger charge is 2.35. The fourth-order valence-corrected chi connectivity index (χ4v) is 5.61. The second-order valence-electron chi connectivity index (χ2n) is 7.14. The maximum Gasteiger partial charge on any atom is 0.270 e. The second kappa shape index (κ2) is 10.4. The van der Waals surface area contributed by atoms with Gasteiger partial charge in [0.05, 0.1) is 12.8 Å². The molecule has 1 heterocycles. The van der Waals surface area contributed by atoms with Gasteiger partial charge in [0.1, 0.15) is 29.6 Å². The van der Waals surface area contributed by atoms with Gasteiger partial charge in [-0.1, -0.05) is 24.3 Å². The zero-order chi connectivity index (χ0) is 24.4. The molecule has 0 aromatic heterocycles. The maximum atomic E-state index is 14.3. The summed E-state index contributed by atoms with van der Waals surface area (Å²) < 4.78 is 34.8. The Morgan fingerprint density at radius 3 is 2.29 bits per heavy atom. The van der Waals surface area contributed by atoms with Crippen molar-refractivity contribution in [2.45, 2.75) is 6.61 Å². The summed E-state index contributed by atoms with van der Waals surface area (Å²) in [6, 6.07) is 15.2. The van der Waals surface area contributed by atoms with Crippen LogP contribution in [0.2, 0.25) is 0 Å². The first-order valence-electron chi connectivity index (χ1n) is 9.77. The third-order valence-electron chi connectivity index (χ3n) is 4.82. The molecule has 34 heavy (non-hydrogen) atoms. The van der Waals surface area contributed by atoms with Crippen molar-refractivity contribution >= 4 is 86.1 Å². The minimum atomic E-state index is -0.722. The van der Waals surface area contributed by atoms with Crippen LogP contribution in [0.4, 0.5) is 14.5 Å². The van der Waals surface area contributed by atoms with Gasteiger partial charge in [0.2, 0.25) is 0 Å². The molecule has 1 fully saturated rings. The fraction of sp³-hybridized carbons (Fsp3) is 0.0417. The molecule has 4 rings (SSSR count). The molecule has 3 aromatic carbocycles. The number of rotatable bonds is 5. The van der Waals surface area contributed by atoms with Gasteiger partial charge in [0.15, 0.2) is 5.11 Å². The van der Waals surface area contributed by atoms with Crippen LogP contribution in [0.3, 0.4) is 0 Å². The molecule has 1 saturated heterocycles. The molecule has 0 spiro atoms. The zero-order valence-corrected chi connectivity index (χ0v) is 22.3. The summed E-state index contributed by atoms with van der Waals surface area (Å²) in [5.74, 6) is -1.72. The number of halogens is 4. The Bertz CT molecular complexity index is 1320. The molecule has 0 radical (unpaired) electrons. The van der Waals surface area contributed by atoms with E-state index in [0.29, 0.717) is 11.3 Å². The highest BCUT2D eigenvalue weighted by Crippen LogP contribution is 2.31. The Morgan fingerprint density at radius 2 is 1.65 bits per heavy atom. The number of thiocarbonyl (C=S) groups is 1. The van der Waals surface area contributed by atoms with Gasteiger partial charge in [-0.25, -0.2) is 13.7 Å². The van der Waals surface area contributed by atoms with Crippen molar-refractivity contribution in [1.82, 2.24) is 5.32 Å². The molecule has 10 heteroatoms. The Labute approximate surface area is 226 Å². The molecule has 0 bridgehead atoms. The van der Waals surface area contributed by atoms with Crippen molar-refractivity contribution in [2.75, 3.05) is 4.90 Å². The van der Waals surface area contributed by atoms with Crippen molar-refractivity contribution in [1.29, 1.82) is 0 Å². The van der Waals surface area contributed by atoms with E-state index in [2.05, 4.69) is 50.5 Å². The molecular formula is C24H14F2I2N2O3S. The van der Waals surface area contributed by atoms with Crippen LogP contribution in [0.25, 0.3) is 6.08 Å². The van der Waals surface area contributed by atoms with Gasteiger partial charge >= 0.3 is 0 Å². The summed E-state index contributed by atoms with van der Waals surface area (Å²) in [6.45, 7) is 0.253. The van der Waals surface area contributed by atoms with Crippen LogP contribution < -0.4 is 15.0 Å². The predicted octanol–water partition coefficient (Wildman–Crippen LogP) is 5.58. The molecule has 5 nitrogen and oxygen atoms in total. The van der Waals surface area contributed by atoms with Gasteiger partial charge in [-0.05, 0) is 111 Å². The van der Waals surface area contributed by atoms with Crippen molar-refractivity contribution in [3.05, 3.63) is 96.1 Å². The molecule has 0 aliphatic carbocycles. The van der Waals surface area contributed by atoms with Crippen LogP contribution in [0, 0.1) is 18.8 Å². The number of nitrogens with zero attached hydrogens (tertiary/aromatic N) is 1. The Hall–Kier alpha value is -2.45. The van der Waals surface area contributed by atoms with E-state index in [4.69, 9.17) is 17.0 Å². The van der Waals surface area contributed by atoms with Gasteiger partial charge in [-0.2, -0.15) is 0 Å². The van der Waals surface area contributed by atoms with Gasteiger partial charge in [-0.3, -0.25) is 14.9 Å². The molecule has 3 aromatic rings. The molecule has 1 aliphatic heterocycles. The van der Waals surface area contributed by atoms with Crippen LogP contribution in [0.5, 0.6) is 5.75 Å². The van der Waals surface area contributed by atoms with Crippen LogP contribution in [-0.4, -0.2) is 16.9 Å². The number of carbonyl (C=O) groups is 2. The van der Waals surface area contributed by atoms with Crippen LogP contribution in [0.1, 0.15) is 11.1 Å². The van der Waals surface area contributed by atoms with Gasteiger partial charge < -0.3 is 4.74 Å². The molecular weight excluding hydrogens is 688 g/mol. The highest BCUT2D eigenvalue weighted by atomic mass is 127. The summed E-state index contributed by atoms with van der Waals surface area (Å²) in [4.78, 5) is 26.6. The smallest absolute Gasteiger partial charge is 0.270 e. The van der Waals surface area contributed by atoms with Gasteiger partial charge in [0, 0.05) is 0 Å². The lowest BCUT2D eigenvalue weighted by molar-refractivity contribution is -0.122. The Kier molecular flexibility index (Phi) is 7.57. The van der Waals surface area contributed by atoms with Crippen LogP contribution in [0.15, 0.2) is 66.2 Å². The highest BCUT2D eigenvalue weighted by molar-refractivity contribution is 14.1. The van der Waals surface area contributed by atoms with E-state index in [1.165, 1.54) is 36.4 Å². The topological polar surface area (TPSA) is 58.6 Å². The van der Waals surface area contributed by atoms with E-state index in [1.807, 2.05) is 0 Å². The average molecular weight is 702 g/mol. The zero-order valence-electron chi connectivity index (χ0n) is 17.2. The minimum absolute atomic E-state index is 0.0443.